The van der Waals surface area contributed by atoms with Crippen LogP contribution in [0.3, 0.4) is 0 Å². The van der Waals surface area contributed by atoms with Gasteiger partial charge in [0, 0.05) is 38.3 Å². The Labute approximate surface area is 150 Å². The zero-order valence-electron chi connectivity index (χ0n) is 15.1. The molecule has 1 aliphatic rings. The highest BCUT2D eigenvalue weighted by Crippen LogP contribution is 2.30. The molecule has 0 aromatic heterocycles. The Hall–Kier alpha value is -2.09. The lowest BCUT2D eigenvalue weighted by Crippen LogP contribution is -2.49. The van der Waals surface area contributed by atoms with Crippen LogP contribution in [0.1, 0.15) is 42.3 Å². The van der Waals surface area contributed by atoms with Gasteiger partial charge >= 0.3 is 12.3 Å². The number of carbonyl (C=O) groups is 2. The fraction of sp³-hybridized carbons (Fsp3) is 0.556. The van der Waals surface area contributed by atoms with E-state index in [9.17, 15) is 22.8 Å². The quantitative estimate of drug-likeness (QED) is 0.761. The monoisotopic (exact) mass is 372 g/mol. The number of alkyl halides is 3. The number of halogens is 3. The van der Waals surface area contributed by atoms with E-state index in [4.69, 9.17) is 4.74 Å². The second-order valence-corrected chi connectivity index (χ2v) is 7.27. The van der Waals surface area contributed by atoms with Crippen molar-refractivity contribution in [1.29, 1.82) is 0 Å². The van der Waals surface area contributed by atoms with Crippen molar-refractivity contribution < 1.29 is 27.5 Å². The van der Waals surface area contributed by atoms with Gasteiger partial charge in [0.05, 0.1) is 5.56 Å². The zero-order valence-corrected chi connectivity index (χ0v) is 15.1. The van der Waals surface area contributed by atoms with Crippen LogP contribution in [-0.4, -0.2) is 54.0 Å². The second kappa shape index (κ2) is 7.65. The van der Waals surface area contributed by atoms with Crippen LogP contribution in [0, 0.1) is 0 Å². The number of nitrogens with zero attached hydrogens (tertiary/aromatic N) is 2. The molecule has 144 valence electrons. The van der Waals surface area contributed by atoms with Crippen molar-refractivity contribution >= 4 is 12.4 Å². The van der Waals surface area contributed by atoms with E-state index >= 15 is 0 Å². The van der Waals surface area contributed by atoms with E-state index in [0.717, 1.165) is 12.1 Å². The fourth-order valence-corrected chi connectivity index (χ4v) is 2.68. The van der Waals surface area contributed by atoms with E-state index < -0.39 is 17.3 Å². The Kier molecular flexibility index (Phi) is 5.95. The maximum Gasteiger partial charge on any atom is 0.416 e. The molecule has 0 atom stereocenters. The summed E-state index contributed by atoms with van der Waals surface area (Å²) in [5, 5.41) is 0. The van der Waals surface area contributed by atoms with Gasteiger partial charge in [0.25, 0.3) is 0 Å². The number of ether oxygens (including phenoxy) is 1. The molecule has 2 rings (SSSR count). The van der Waals surface area contributed by atoms with E-state index in [1.54, 1.807) is 25.7 Å². The summed E-state index contributed by atoms with van der Waals surface area (Å²) in [6.45, 7) is 7.79. The van der Waals surface area contributed by atoms with Crippen molar-refractivity contribution in [2.24, 2.45) is 0 Å². The summed E-state index contributed by atoms with van der Waals surface area (Å²) < 4.78 is 43.6. The van der Waals surface area contributed by atoms with Crippen LogP contribution in [0.4, 0.5) is 18.0 Å². The van der Waals surface area contributed by atoms with E-state index in [1.807, 2.05) is 4.90 Å². The highest BCUT2D eigenvalue weighted by molar-refractivity contribution is 5.77. The minimum Gasteiger partial charge on any atom is -0.444 e. The molecule has 1 heterocycles. The van der Waals surface area contributed by atoms with Crippen LogP contribution in [0.15, 0.2) is 18.2 Å². The summed E-state index contributed by atoms with van der Waals surface area (Å²) in [7, 11) is 0. The summed E-state index contributed by atoms with van der Waals surface area (Å²) >= 11 is 0. The van der Waals surface area contributed by atoms with Gasteiger partial charge in [0.1, 0.15) is 11.9 Å². The molecule has 8 heteroatoms. The SMILES string of the molecule is CC(C)(C)OC(=O)N1CCN(Cc2ccc(C(F)(F)F)cc2C=O)CC1. The molecular weight excluding hydrogens is 349 g/mol. The van der Waals surface area contributed by atoms with Crippen LogP contribution in [0.25, 0.3) is 0 Å². The topological polar surface area (TPSA) is 49.9 Å². The third-order valence-electron chi connectivity index (χ3n) is 4.02. The average molecular weight is 372 g/mol. The molecule has 0 unspecified atom stereocenters. The van der Waals surface area contributed by atoms with E-state index in [2.05, 4.69) is 0 Å². The van der Waals surface area contributed by atoms with Gasteiger partial charge in [-0.05, 0) is 38.5 Å². The number of carbonyl (C=O) groups excluding carboxylic acids is 2. The fourth-order valence-electron chi connectivity index (χ4n) is 2.68. The Morgan fingerprint density at radius 2 is 1.77 bits per heavy atom. The standard InChI is InChI=1S/C18H23F3N2O3/c1-17(2,3)26-16(25)23-8-6-22(7-9-23)11-13-4-5-15(18(19,20)21)10-14(13)12-24/h4-5,10,12H,6-9,11H2,1-3H3. The normalized spacial score (nSPS) is 16.5. The van der Waals surface area contributed by atoms with Crippen LogP contribution in [0.2, 0.25) is 0 Å². The largest absolute Gasteiger partial charge is 0.444 e. The molecule has 0 aliphatic carbocycles. The molecule has 1 amide bonds. The van der Waals surface area contributed by atoms with Crippen LogP contribution in [0.5, 0.6) is 0 Å². The smallest absolute Gasteiger partial charge is 0.416 e. The molecule has 1 aromatic carbocycles. The van der Waals surface area contributed by atoms with E-state index in [-0.39, 0.29) is 11.7 Å². The average Bonchev–Trinajstić information content (AvgIpc) is 2.53. The molecular formula is C18H23F3N2O3. The van der Waals surface area contributed by atoms with Crippen LogP contribution in [-0.2, 0) is 17.5 Å². The summed E-state index contributed by atoms with van der Waals surface area (Å²) in [6, 6.07) is 3.20. The Bertz CT molecular complexity index is 661. The Balaban J connectivity index is 1.97. The number of piperazine rings is 1. The first-order chi connectivity index (χ1) is 12.0. The minimum absolute atomic E-state index is 0.0365. The van der Waals surface area contributed by atoms with Gasteiger partial charge in [-0.1, -0.05) is 6.07 Å². The highest BCUT2D eigenvalue weighted by atomic mass is 19.4. The van der Waals surface area contributed by atoms with Crippen molar-refractivity contribution in [1.82, 2.24) is 9.80 Å². The molecule has 0 saturated carbocycles. The molecule has 1 saturated heterocycles. The van der Waals surface area contributed by atoms with Gasteiger partial charge in [0.15, 0.2) is 0 Å². The van der Waals surface area contributed by atoms with Gasteiger partial charge in [-0.25, -0.2) is 4.79 Å². The predicted molar refractivity (Wildman–Crippen MR) is 89.9 cm³/mol. The number of hydrogen-bond donors (Lipinski definition) is 0. The highest BCUT2D eigenvalue weighted by Gasteiger charge is 2.31. The first-order valence-corrected chi connectivity index (χ1v) is 8.35. The third-order valence-corrected chi connectivity index (χ3v) is 4.02. The molecule has 1 aromatic rings. The number of rotatable bonds is 3. The summed E-state index contributed by atoms with van der Waals surface area (Å²) in [5.74, 6) is 0. The maximum absolute atomic E-state index is 12.8. The molecule has 0 bridgehead atoms. The van der Waals surface area contributed by atoms with E-state index in [0.29, 0.717) is 44.6 Å². The number of hydrogen-bond acceptors (Lipinski definition) is 4. The lowest BCUT2D eigenvalue weighted by Gasteiger charge is -2.35. The van der Waals surface area contributed by atoms with Crippen molar-refractivity contribution in [3.63, 3.8) is 0 Å². The number of benzene rings is 1. The first kappa shape index (κ1) is 20.2. The lowest BCUT2D eigenvalue weighted by molar-refractivity contribution is -0.137. The van der Waals surface area contributed by atoms with Gasteiger partial charge in [0.2, 0.25) is 0 Å². The molecule has 1 fully saturated rings. The predicted octanol–water partition coefficient (Wildman–Crippen LogP) is 3.57. The first-order valence-electron chi connectivity index (χ1n) is 8.35. The van der Waals surface area contributed by atoms with Crippen molar-refractivity contribution in [3.05, 3.63) is 34.9 Å². The molecule has 0 N–H and O–H groups in total. The summed E-state index contributed by atoms with van der Waals surface area (Å²) in [5.41, 5.74) is -0.820. The summed E-state index contributed by atoms with van der Waals surface area (Å²) in [6.07, 6.45) is -4.41. The second-order valence-electron chi connectivity index (χ2n) is 7.27. The van der Waals surface area contributed by atoms with Gasteiger partial charge in [-0.15, -0.1) is 0 Å². The zero-order chi connectivity index (χ0) is 19.5. The van der Waals surface area contributed by atoms with Gasteiger partial charge in [-0.3, -0.25) is 9.69 Å². The van der Waals surface area contributed by atoms with Crippen molar-refractivity contribution in [3.8, 4) is 0 Å². The Morgan fingerprint density at radius 1 is 1.15 bits per heavy atom. The molecule has 26 heavy (non-hydrogen) atoms. The maximum atomic E-state index is 12.8. The minimum atomic E-state index is -4.48. The van der Waals surface area contributed by atoms with Crippen molar-refractivity contribution in [2.45, 2.75) is 39.1 Å². The molecule has 0 spiro atoms. The molecule has 0 radical (unpaired) electrons. The molecule has 5 nitrogen and oxygen atoms in total. The lowest BCUT2D eigenvalue weighted by atomic mass is 10.0. The van der Waals surface area contributed by atoms with Gasteiger partial charge < -0.3 is 9.64 Å². The summed E-state index contributed by atoms with van der Waals surface area (Å²) in [4.78, 5) is 26.8. The van der Waals surface area contributed by atoms with Crippen LogP contribution < -0.4 is 0 Å². The van der Waals surface area contributed by atoms with Crippen molar-refractivity contribution in [2.75, 3.05) is 26.2 Å². The number of amides is 1. The van der Waals surface area contributed by atoms with E-state index in [1.165, 1.54) is 6.07 Å². The molecule has 1 aliphatic heterocycles. The van der Waals surface area contributed by atoms with Crippen LogP contribution >= 0.6 is 0 Å². The number of aldehydes is 1. The third kappa shape index (κ3) is 5.45. The Morgan fingerprint density at radius 3 is 2.27 bits per heavy atom. The van der Waals surface area contributed by atoms with Gasteiger partial charge in [-0.2, -0.15) is 13.2 Å².